The van der Waals surface area contributed by atoms with E-state index in [0.717, 1.165) is 24.5 Å². The van der Waals surface area contributed by atoms with Crippen molar-refractivity contribution in [2.45, 2.75) is 25.6 Å². The lowest BCUT2D eigenvalue weighted by molar-refractivity contribution is 0.00829. The van der Waals surface area contributed by atoms with E-state index >= 15 is 0 Å². The molecule has 2 rings (SSSR count). The van der Waals surface area contributed by atoms with E-state index in [9.17, 15) is 0 Å². The minimum atomic E-state index is 0.146. The van der Waals surface area contributed by atoms with E-state index < -0.39 is 0 Å². The van der Waals surface area contributed by atoms with Crippen LogP contribution in [0.5, 0.6) is 0 Å². The maximum atomic E-state index is 5.93. The average molecular weight is 226 g/mol. The Morgan fingerprint density at radius 1 is 1.40 bits per heavy atom. The molecule has 1 saturated heterocycles. The maximum Gasteiger partial charge on any atom is 0.0801 e. The third-order valence-corrected chi connectivity index (χ3v) is 3.00. The van der Waals surface area contributed by atoms with Crippen LogP contribution >= 0.6 is 11.6 Å². The quantitative estimate of drug-likeness (QED) is 0.854. The molecule has 0 spiro atoms. The number of halogens is 1. The van der Waals surface area contributed by atoms with Gasteiger partial charge < -0.3 is 10.1 Å². The van der Waals surface area contributed by atoms with Crippen LogP contribution in [0.25, 0.3) is 0 Å². The fourth-order valence-corrected chi connectivity index (χ4v) is 1.97. The highest BCUT2D eigenvalue weighted by molar-refractivity contribution is 6.30. The van der Waals surface area contributed by atoms with Gasteiger partial charge in [-0.2, -0.15) is 0 Å². The average Bonchev–Trinajstić information content (AvgIpc) is 2.71. The summed E-state index contributed by atoms with van der Waals surface area (Å²) in [5.74, 6) is 0. The lowest BCUT2D eigenvalue weighted by Crippen LogP contribution is -2.18. The molecule has 2 nitrogen and oxygen atoms in total. The van der Waals surface area contributed by atoms with Gasteiger partial charge in [0.1, 0.15) is 0 Å². The second-order valence-corrected chi connectivity index (χ2v) is 4.38. The summed E-state index contributed by atoms with van der Waals surface area (Å²) >= 11 is 5.84. The molecule has 2 atom stereocenters. The number of ether oxygens (including phenoxy) is 1. The van der Waals surface area contributed by atoms with E-state index in [1.165, 1.54) is 5.56 Å². The molecule has 3 heteroatoms. The van der Waals surface area contributed by atoms with Gasteiger partial charge in [-0.05, 0) is 37.6 Å². The molecule has 0 aromatic heterocycles. The van der Waals surface area contributed by atoms with Crippen molar-refractivity contribution in [3.63, 3.8) is 0 Å². The van der Waals surface area contributed by atoms with Crippen LogP contribution in [0, 0.1) is 0 Å². The molecular formula is C12H16ClNO. The third kappa shape index (κ3) is 2.94. The van der Waals surface area contributed by atoms with Gasteiger partial charge >= 0.3 is 0 Å². The Morgan fingerprint density at radius 3 is 2.73 bits per heavy atom. The van der Waals surface area contributed by atoms with Gasteiger partial charge in [0.15, 0.2) is 0 Å². The summed E-state index contributed by atoms with van der Waals surface area (Å²) in [5.41, 5.74) is 1.19. The normalized spacial score (nSPS) is 22.9. The SMILES string of the molecule is C[C@@H](O[C@H]1CCNC1)c1ccc(Cl)cc1. The molecule has 0 unspecified atom stereocenters. The van der Waals surface area contributed by atoms with Crippen molar-refractivity contribution in [2.75, 3.05) is 13.1 Å². The van der Waals surface area contributed by atoms with Gasteiger partial charge in [-0.15, -0.1) is 0 Å². The van der Waals surface area contributed by atoms with E-state index in [1.807, 2.05) is 24.3 Å². The van der Waals surface area contributed by atoms with Crippen molar-refractivity contribution in [3.05, 3.63) is 34.9 Å². The van der Waals surface area contributed by atoms with E-state index in [1.54, 1.807) is 0 Å². The van der Waals surface area contributed by atoms with Crippen LogP contribution in [-0.4, -0.2) is 19.2 Å². The van der Waals surface area contributed by atoms with Crippen molar-refractivity contribution in [1.29, 1.82) is 0 Å². The summed E-state index contributed by atoms with van der Waals surface area (Å²) < 4.78 is 5.93. The van der Waals surface area contributed by atoms with Crippen molar-refractivity contribution in [2.24, 2.45) is 0 Å². The first-order valence-corrected chi connectivity index (χ1v) is 5.75. The van der Waals surface area contributed by atoms with Crippen LogP contribution in [0.2, 0.25) is 5.02 Å². The maximum absolute atomic E-state index is 5.93. The van der Waals surface area contributed by atoms with Crippen molar-refractivity contribution in [1.82, 2.24) is 5.32 Å². The highest BCUT2D eigenvalue weighted by Gasteiger charge is 2.18. The van der Waals surface area contributed by atoms with Crippen molar-refractivity contribution in [3.8, 4) is 0 Å². The van der Waals surface area contributed by atoms with Gasteiger partial charge in [0.25, 0.3) is 0 Å². The van der Waals surface area contributed by atoms with Crippen LogP contribution < -0.4 is 5.32 Å². The Bertz CT molecular complexity index is 306. The summed E-state index contributed by atoms with van der Waals surface area (Å²) in [5, 5.41) is 4.06. The Kier molecular flexibility index (Phi) is 3.62. The van der Waals surface area contributed by atoms with E-state index in [2.05, 4.69) is 12.2 Å². The first-order valence-electron chi connectivity index (χ1n) is 5.37. The van der Waals surface area contributed by atoms with Crippen molar-refractivity contribution < 1.29 is 4.74 Å². The standard InChI is InChI=1S/C12H16ClNO/c1-9(15-12-6-7-14-8-12)10-2-4-11(13)5-3-10/h2-5,9,12,14H,6-8H2,1H3/t9-,12+/m1/s1. The monoisotopic (exact) mass is 225 g/mol. The fraction of sp³-hybridized carbons (Fsp3) is 0.500. The second-order valence-electron chi connectivity index (χ2n) is 3.94. The fourth-order valence-electron chi connectivity index (χ4n) is 1.85. The number of hydrogen-bond donors (Lipinski definition) is 1. The Labute approximate surface area is 95.6 Å². The van der Waals surface area contributed by atoms with Gasteiger partial charge in [-0.1, -0.05) is 23.7 Å². The number of nitrogens with one attached hydrogen (secondary N) is 1. The third-order valence-electron chi connectivity index (χ3n) is 2.75. The Morgan fingerprint density at radius 2 is 2.13 bits per heavy atom. The molecule has 1 aliphatic heterocycles. The van der Waals surface area contributed by atoms with Crippen LogP contribution in [0.3, 0.4) is 0 Å². The summed E-state index contributed by atoms with van der Waals surface area (Å²) in [6.45, 7) is 4.12. The number of rotatable bonds is 3. The van der Waals surface area contributed by atoms with Gasteiger partial charge in [0.2, 0.25) is 0 Å². The molecule has 0 saturated carbocycles. The first-order chi connectivity index (χ1) is 7.25. The predicted molar refractivity (Wildman–Crippen MR) is 62.2 cm³/mol. The predicted octanol–water partition coefficient (Wildman–Crippen LogP) is 2.78. The molecule has 1 N–H and O–H groups in total. The lowest BCUT2D eigenvalue weighted by atomic mass is 10.1. The second kappa shape index (κ2) is 4.97. The van der Waals surface area contributed by atoms with E-state index in [0.29, 0.717) is 6.10 Å². The molecule has 15 heavy (non-hydrogen) atoms. The summed E-state index contributed by atoms with van der Waals surface area (Å²) in [7, 11) is 0. The van der Waals surface area contributed by atoms with Gasteiger partial charge in [0.05, 0.1) is 12.2 Å². The molecule has 1 aromatic carbocycles. The molecule has 1 aliphatic rings. The zero-order valence-corrected chi connectivity index (χ0v) is 9.63. The molecule has 0 bridgehead atoms. The number of benzene rings is 1. The zero-order chi connectivity index (χ0) is 10.7. The van der Waals surface area contributed by atoms with Crippen molar-refractivity contribution >= 4 is 11.6 Å². The van der Waals surface area contributed by atoms with Crippen LogP contribution in [0.15, 0.2) is 24.3 Å². The highest BCUT2D eigenvalue weighted by atomic mass is 35.5. The Balaban J connectivity index is 1.94. The van der Waals surface area contributed by atoms with E-state index in [4.69, 9.17) is 16.3 Å². The topological polar surface area (TPSA) is 21.3 Å². The lowest BCUT2D eigenvalue weighted by Gasteiger charge is -2.18. The minimum Gasteiger partial charge on any atom is -0.369 e. The highest BCUT2D eigenvalue weighted by Crippen LogP contribution is 2.22. The zero-order valence-electron chi connectivity index (χ0n) is 8.87. The van der Waals surface area contributed by atoms with Crippen LogP contribution in [0.4, 0.5) is 0 Å². The van der Waals surface area contributed by atoms with Crippen LogP contribution in [-0.2, 0) is 4.74 Å². The molecule has 0 amide bonds. The smallest absolute Gasteiger partial charge is 0.0801 e. The molecule has 1 heterocycles. The molecule has 1 aromatic rings. The van der Waals surface area contributed by atoms with E-state index in [-0.39, 0.29) is 6.10 Å². The van der Waals surface area contributed by atoms with Crippen LogP contribution in [0.1, 0.15) is 25.0 Å². The van der Waals surface area contributed by atoms with Gasteiger partial charge in [0, 0.05) is 11.6 Å². The summed E-state index contributed by atoms with van der Waals surface area (Å²) in [4.78, 5) is 0. The molecule has 0 radical (unpaired) electrons. The minimum absolute atomic E-state index is 0.146. The molecule has 82 valence electrons. The van der Waals surface area contributed by atoms with Gasteiger partial charge in [-0.3, -0.25) is 0 Å². The first kappa shape index (κ1) is 10.9. The summed E-state index contributed by atoms with van der Waals surface area (Å²) in [6.07, 6.45) is 1.61. The van der Waals surface area contributed by atoms with Gasteiger partial charge in [-0.25, -0.2) is 0 Å². The summed E-state index contributed by atoms with van der Waals surface area (Å²) in [6, 6.07) is 7.86. The Hall–Kier alpha value is -0.570. The molecule has 1 fully saturated rings. The molecule has 0 aliphatic carbocycles. The molecular weight excluding hydrogens is 210 g/mol. The number of hydrogen-bond acceptors (Lipinski definition) is 2. The largest absolute Gasteiger partial charge is 0.369 e.